The van der Waals surface area contributed by atoms with Gasteiger partial charge in [-0.05, 0) is 68.9 Å². The number of hydrogen-bond donors (Lipinski definition) is 2. The Morgan fingerprint density at radius 3 is 1.92 bits per heavy atom. The van der Waals surface area contributed by atoms with Crippen molar-refractivity contribution < 1.29 is 9.59 Å². The van der Waals surface area contributed by atoms with Crippen LogP contribution in [0.25, 0.3) is 0 Å². The van der Waals surface area contributed by atoms with Gasteiger partial charge in [-0.3, -0.25) is 24.2 Å². The predicted octanol–water partition coefficient (Wildman–Crippen LogP) is 2.17. The van der Waals surface area contributed by atoms with Crippen molar-refractivity contribution >= 4 is 29.7 Å². The molecular formula is C27H37N7O2S. The molecular weight excluding hydrogens is 486 g/mol. The smallest absolute Gasteiger partial charge is 0.254 e. The molecule has 2 amide bonds. The van der Waals surface area contributed by atoms with Crippen molar-refractivity contribution in [2.24, 2.45) is 5.73 Å². The minimum atomic E-state index is 0.00582. The van der Waals surface area contributed by atoms with E-state index in [2.05, 4.69) is 11.0 Å². The van der Waals surface area contributed by atoms with Gasteiger partial charge in [-0.15, -0.1) is 0 Å². The zero-order valence-electron chi connectivity index (χ0n) is 21.9. The normalized spacial score (nSPS) is 16.8. The van der Waals surface area contributed by atoms with Gasteiger partial charge in [-0.2, -0.15) is 0 Å². The van der Waals surface area contributed by atoms with Crippen LogP contribution in [-0.2, 0) is 6.54 Å². The van der Waals surface area contributed by atoms with Gasteiger partial charge in [0.05, 0.1) is 0 Å². The van der Waals surface area contributed by atoms with Crippen molar-refractivity contribution in [3.05, 3.63) is 64.7 Å². The standard InChI is InChI=1S/C27H37N7O2S/c1-20-4-6-22(7-5-20)25(35)32-12-14-33(15-13-32)26(36)23-16-21(17-24(18-23)37-30(2)3)19-31-8-10-34(11-9-31)27(28)29/h4-7,16-18H,8-15,19H2,1-3H3,(H3,28,29). The zero-order valence-corrected chi connectivity index (χ0v) is 22.8. The van der Waals surface area contributed by atoms with Crippen molar-refractivity contribution in [3.8, 4) is 0 Å². The fraction of sp³-hybridized carbons (Fsp3) is 0.444. The van der Waals surface area contributed by atoms with Crippen molar-refractivity contribution in [2.75, 3.05) is 66.5 Å². The first-order valence-electron chi connectivity index (χ1n) is 12.7. The van der Waals surface area contributed by atoms with Crippen LogP contribution in [0.1, 0.15) is 31.8 Å². The molecule has 2 aliphatic heterocycles. The lowest BCUT2D eigenvalue weighted by Crippen LogP contribution is -2.50. The number of piperazine rings is 2. The minimum absolute atomic E-state index is 0.00582. The van der Waals surface area contributed by atoms with Gasteiger partial charge >= 0.3 is 0 Å². The molecule has 0 atom stereocenters. The van der Waals surface area contributed by atoms with Crippen LogP contribution in [0.15, 0.2) is 47.4 Å². The van der Waals surface area contributed by atoms with E-state index in [1.165, 1.54) is 0 Å². The molecule has 4 rings (SSSR count). The molecule has 3 N–H and O–H groups in total. The van der Waals surface area contributed by atoms with E-state index < -0.39 is 0 Å². The van der Waals surface area contributed by atoms with Crippen LogP contribution in [0.2, 0.25) is 0 Å². The van der Waals surface area contributed by atoms with Crippen LogP contribution in [0.3, 0.4) is 0 Å². The van der Waals surface area contributed by atoms with Gasteiger partial charge < -0.3 is 20.4 Å². The Morgan fingerprint density at radius 2 is 1.38 bits per heavy atom. The molecule has 10 heteroatoms. The molecule has 2 fully saturated rings. The molecule has 0 spiro atoms. The first-order valence-corrected chi connectivity index (χ1v) is 13.4. The number of hydrogen-bond acceptors (Lipinski definition) is 6. The number of carbonyl (C=O) groups excluding carboxylic acids is 2. The summed E-state index contributed by atoms with van der Waals surface area (Å²) in [6.07, 6.45) is 0. The average molecular weight is 524 g/mol. The fourth-order valence-electron chi connectivity index (χ4n) is 4.72. The molecule has 37 heavy (non-hydrogen) atoms. The van der Waals surface area contributed by atoms with E-state index in [9.17, 15) is 9.59 Å². The van der Waals surface area contributed by atoms with Gasteiger partial charge in [0.25, 0.3) is 11.8 Å². The summed E-state index contributed by atoms with van der Waals surface area (Å²) >= 11 is 1.60. The van der Waals surface area contributed by atoms with E-state index in [0.717, 1.165) is 48.7 Å². The summed E-state index contributed by atoms with van der Waals surface area (Å²) in [7, 11) is 3.98. The van der Waals surface area contributed by atoms with E-state index in [0.29, 0.717) is 37.3 Å². The molecule has 198 valence electrons. The zero-order chi connectivity index (χ0) is 26.5. The highest BCUT2D eigenvalue weighted by atomic mass is 32.2. The van der Waals surface area contributed by atoms with Crippen molar-refractivity contribution in [3.63, 3.8) is 0 Å². The number of amides is 2. The summed E-state index contributed by atoms with van der Waals surface area (Å²) < 4.78 is 2.02. The Morgan fingerprint density at radius 1 is 0.838 bits per heavy atom. The third-order valence-corrected chi connectivity index (χ3v) is 7.58. The Hall–Kier alpha value is -3.08. The Bertz CT molecular complexity index is 1120. The molecule has 0 unspecified atom stereocenters. The first-order chi connectivity index (χ1) is 17.7. The van der Waals surface area contributed by atoms with Gasteiger partial charge in [0.1, 0.15) is 0 Å². The van der Waals surface area contributed by atoms with Gasteiger partial charge in [0, 0.05) is 74.9 Å². The number of rotatable bonds is 6. The molecule has 2 aromatic carbocycles. The highest BCUT2D eigenvalue weighted by Crippen LogP contribution is 2.25. The topological polar surface area (TPSA) is 100 Å². The highest BCUT2D eigenvalue weighted by molar-refractivity contribution is 7.97. The quantitative estimate of drug-likeness (QED) is 0.340. The molecule has 0 radical (unpaired) electrons. The molecule has 2 aliphatic rings. The summed E-state index contributed by atoms with van der Waals surface area (Å²) in [5.74, 6) is 0.146. The van der Waals surface area contributed by atoms with E-state index in [4.69, 9.17) is 11.1 Å². The van der Waals surface area contributed by atoms with Crippen LogP contribution in [-0.4, -0.2) is 108 Å². The molecule has 0 aromatic heterocycles. The second-order valence-electron chi connectivity index (χ2n) is 9.87. The second-order valence-corrected chi connectivity index (χ2v) is 11.3. The number of nitrogens with zero attached hydrogens (tertiary/aromatic N) is 5. The Labute approximate surface area is 223 Å². The maximum absolute atomic E-state index is 13.5. The number of aryl methyl sites for hydroxylation is 1. The predicted molar refractivity (Wildman–Crippen MR) is 148 cm³/mol. The van der Waals surface area contributed by atoms with E-state index in [1.807, 2.05) is 76.4 Å². The third kappa shape index (κ3) is 7.03. The molecule has 0 bridgehead atoms. The number of nitrogens with one attached hydrogen (secondary N) is 1. The van der Waals surface area contributed by atoms with Crippen LogP contribution >= 0.6 is 11.9 Å². The van der Waals surface area contributed by atoms with Crippen LogP contribution < -0.4 is 5.73 Å². The van der Waals surface area contributed by atoms with E-state index >= 15 is 0 Å². The lowest BCUT2D eigenvalue weighted by molar-refractivity contribution is 0.0535. The average Bonchev–Trinajstić information content (AvgIpc) is 2.88. The highest BCUT2D eigenvalue weighted by Gasteiger charge is 2.26. The van der Waals surface area contributed by atoms with Gasteiger partial charge in [-0.1, -0.05) is 17.7 Å². The van der Waals surface area contributed by atoms with Gasteiger partial charge in [-0.25, -0.2) is 0 Å². The monoisotopic (exact) mass is 523 g/mol. The SMILES string of the molecule is Cc1ccc(C(=O)N2CCN(C(=O)c3cc(CN4CCN(C(=N)N)CC4)cc(SN(C)C)c3)CC2)cc1. The lowest BCUT2D eigenvalue weighted by Gasteiger charge is -2.35. The van der Waals surface area contributed by atoms with Crippen molar-refractivity contribution in [1.82, 2.24) is 23.9 Å². The van der Waals surface area contributed by atoms with E-state index in [1.54, 1.807) is 11.9 Å². The molecule has 0 saturated carbocycles. The summed E-state index contributed by atoms with van der Waals surface area (Å²) in [6.45, 7) is 7.95. The van der Waals surface area contributed by atoms with Gasteiger partial charge in [0.15, 0.2) is 5.96 Å². The summed E-state index contributed by atoms with van der Waals surface area (Å²) in [5.41, 5.74) is 9.23. The van der Waals surface area contributed by atoms with Crippen LogP contribution in [0, 0.1) is 12.3 Å². The molecule has 9 nitrogen and oxygen atoms in total. The molecule has 2 aromatic rings. The Kier molecular flexibility index (Phi) is 8.73. The second kappa shape index (κ2) is 12.0. The number of nitrogens with two attached hydrogens (primary N) is 1. The third-order valence-electron chi connectivity index (χ3n) is 6.77. The number of carbonyl (C=O) groups is 2. The Balaban J connectivity index is 1.42. The molecule has 2 saturated heterocycles. The lowest BCUT2D eigenvalue weighted by atomic mass is 10.1. The van der Waals surface area contributed by atoms with Crippen molar-refractivity contribution in [2.45, 2.75) is 18.4 Å². The summed E-state index contributed by atoms with van der Waals surface area (Å²) in [4.78, 5) is 35.3. The maximum Gasteiger partial charge on any atom is 0.254 e. The largest absolute Gasteiger partial charge is 0.370 e. The molecule has 2 heterocycles. The van der Waals surface area contributed by atoms with E-state index in [-0.39, 0.29) is 17.8 Å². The fourth-order valence-corrected chi connectivity index (χ4v) is 5.52. The van der Waals surface area contributed by atoms with Crippen LogP contribution in [0.5, 0.6) is 0 Å². The number of guanidine groups is 1. The first kappa shape index (κ1) is 27.0. The van der Waals surface area contributed by atoms with Gasteiger partial charge in [0.2, 0.25) is 0 Å². The summed E-state index contributed by atoms with van der Waals surface area (Å²) in [6, 6.07) is 13.8. The van der Waals surface area contributed by atoms with Crippen LogP contribution in [0.4, 0.5) is 0 Å². The maximum atomic E-state index is 13.5. The van der Waals surface area contributed by atoms with Crippen molar-refractivity contribution in [1.29, 1.82) is 5.41 Å². The molecule has 0 aliphatic carbocycles. The summed E-state index contributed by atoms with van der Waals surface area (Å²) in [5, 5.41) is 7.64. The number of benzene rings is 2. The minimum Gasteiger partial charge on any atom is -0.370 e.